The number of aromatic nitrogens is 1. The van der Waals surface area contributed by atoms with Crippen LogP contribution < -0.4 is 10.2 Å². The Kier molecular flexibility index (Phi) is 4.77. The third kappa shape index (κ3) is 2.71. The zero-order valence-electron chi connectivity index (χ0n) is 10.8. The summed E-state index contributed by atoms with van der Waals surface area (Å²) in [5, 5.41) is 9.16. The van der Waals surface area contributed by atoms with E-state index in [1.807, 2.05) is 17.6 Å². The number of rotatable bonds is 3. The van der Waals surface area contributed by atoms with Crippen LogP contribution in [0.15, 0.2) is 23.2 Å². The number of nitrogens with one attached hydrogen (secondary N) is 1. The molecule has 5 nitrogen and oxygen atoms in total. The molecule has 1 aromatic carbocycles. The molecule has 1 radical (unpaired) electrons. The Morgan fingerprint density at radius 1 is 1.45 bits per heavy atom. The number of nitrogens with zero attached hydrogens (tertiary/aromatic N) is 2. The van der Waals surface area contributed by atoms with Crippen LogP contribution in [-0.2, 0) is 29.9 Å². The molecule has 0 fully saturated rings. The summed E-state index contributed by atoms with van der Waals surface area (Å²) in [6, 6.07) is 6.09. The molecule has 2 aromatic rings. The fourth-order valence-electron chi connectivity index (χ4n) is 2.23. The Labute approximate surface area is 131 Å². The third-order valence-electron chi connectivity index (χ3n) is 3.11. The molecule has 0 aliphatic heterocycles. The molecule has 1 aliphatic rings. The van der Waals surface area contributed by atoms with E-state index in [0.29, 0.717) is 5.13 Å². The van der Waals surface area contributed by atoms with Gasteiger partial charge in [-0.25, -0.2) is 9.98 Å². The van der Waals surface area contributed by atoms with Crippen molar-refractivity contribution in [3.63, 3.8) is 0 Å². The topological polar surface area (TPSA) is 66.7 Å². The number of aryl methyl sites for hydroxylation is 2. The molecular weight excluding hydrogens is 317 g/mol. The van der Waals surface area contributed by atoms with E-state index in [2.05, 4.69) is 16.0 Å². The smallest absolute Gasteiger partial charge is 0.497 e. The summed E-state index contributed by atoms with van der Waals surface area (Å²) < 4.78 is 5.27. The second-order valence-corrected chi connectivity index (χ2v) is 5.24. The van der Waals surface area contributed by atoms with Crippen molar-refractivity contribution in [2.24, 2.45) is 4.99 Å². The van der Waals surface area contributed by atoms with Gasteiger partial charge in [-0.1, -0.05) is 17.4 Å². The zero-order valence-corrected chi connectivity index (χ0v) is 12.8. The van der Waals surface area contributed by atoms with Crippen molar-refractivity contribution >= 4 is 22.8 Å². The van der Waals surface area contributed by atoms with Crippen LogP contribution >= 0.6 is 11.3 Å². The molecule has 0 spiro atoms. The number of methoxy groups -OCH3 is 1. The molecule has 20 heavy (non-hydrogen) atoms. The van der Waals surface area contributed by atoms with Gasteiger partial charge in [0.05, 0.1) is 12.8 Å². The van der Waals surface area contributed by atoms with E-state index in [4.69, 9.17) is 9.94 Å². The minimum absolute atomic E-state index is 0. The van der Waals surface area contributed by atoms with Crippen LogP contribution in [-0.4, -0.2) is 23.6 Å². The van der Waals surface area contributed by atoms with Gasteiger partial charge in [0.25, 0.3) is 0 Å². The minimum atomic E-state index is 0. The Morgan fingerprint density at radius 2 is 2.30 bits per heavy atom. The maximum atomic E-state index is 8.52. The number of benzene rings is 1. The van der Waals surface area contributed by atoms with Crippen molar-refractivity contribution < 1.29 is 27.0 Å². The van der Waals surface area contributed by atoms with Gasteiger partial charge in [0.1, 0.15) is 12.1 Å². The number of hydroxylamine groups is 1. The largest absolute Gasteiger partial charge is 2.00 e. The van der Waals surface area contributed by atoms with Crippen molar-refractivity contribution in [1.29, 1.82) is 0 Å². The van der Waals surface area contributed by atoms with Gasteiger partial charge in [-0.2, -0.15) is 0 Å². The van der Waals surface area contributed by atoms with Crippen LogP contribution in [0.3, 0.4) is 0 Å². The maximum Gasteiger partial charge on any atom is 2.00 e. The van der Waals surface area contributed by atoms with Crippen LogP contribution in [0, 0.1) is 0 Å². The SMILES string of the molecule is COc1ccc2c(c1)-c1nc(/N=C\NO)sc1CC2.[Mn+2]. The van der Waals surface area contributed by atoms with Crippen LogP contribution in [0.2, 0.25) is 0 Å². The van der Waals surface area contributed by atoms with Crippen molar-refractivity contribution in [3.8, 4) is 17.0 Å². The van der Waals surface area contributed by atoms with Gasteiger partial charge in [0.2, 0.25) is 5.13 Å². The third-order valence-corrected chi connectivity index (χ3v) is 4.14. The number of fused-ring (bicyclic) bond motifs is 3. The Hall–Kier alpha value is -1.40. The van der Waals surface area contributed by atoms with E-state index in [-0.39, 0.29) is 17.1 Å². The molecule has 0 saturated carbocycles. The molecular formula is C13H13MnN3O2S+2. The Bertz CT molecular complexity index is 643. The van der Waals surface area contributed by atoms with Gasteiger partial charge >= 0.3 is 17.1 Å². The summed E-state index contributed by atoms with van der Waals surface area (Å²) in [6.07, 6.45) is 3.21. The van der Waals surface area contributed by atoms with Crippen molar-refractivity contribution in [3.05, 3.63) is 28.6 Å². The quantitative estimate of drug-likeness (QED) is 0.393. The number of hydrogen-bond donors (Lipinski definition) is 2. The standard InChI is InChI=1S/C13H13N3O2S.Mn/c1-18-9-4-2-8-3-5-11-12(10(8)6-9)16-13(19-11)14-7-15-17;/h2,4,6-7,17H,3,5H2,1H3,(H,14,15,16);/q;+2. The van der Waals surface area contributed by atoms with E-state index in [0.717, 1.165) is 29.8 Å². The Morgan fingerprint density at radius 3 is 3.05 bits per heavy atom. The molecule has 0 atom stereocenters. The summed E-state index contributed by atoms with van der Waals surface area (Å²) in [4.78, 5) is 9.78. The van der Waals surface area contributed by atoms with E-state index < -0.39 is 0 Å². The van der Waals surface area contributed by atoms with E-state index >= 15 is 0 Å². The number of hydrogen-bond acceptors (Lipinski definition) is 5. The van der Waals surface area contributed by atoms with Crippen LogP contribution in [0.5, 0.6) is 5.75 Å². The number of aliphatic imine (C=N–C) groups is 1. The van der Waals surface area contributed by atoms with Crippen molar-refractivity contribution in [2.75, 3.05) is 7.11 Å². The molecule has 0 bridgehead atoms. The fourth-order valence-corrected chi connectivity index (χ4v) is 3.15. The predicted octanol–water partition coefficient (Wildman–Crippen LogP) is 2.55. The first kappa shape index (κ1) is 15.0. The second kappa shape index (κ2) is 6.37. The molecule has 1 heterocycles. The van der Waals surface area contributed by atoms with E-state index in [9.17, 15) is 0 Å². The van der Waals surface area contributed by atoms with Gasteiger partial charge in [0.15, 0.2) is 0 Å². The molecule has 0 unspecified atom stereocenters. The average molecular weight is 330 g/mol. The summed E-state index contributed by atoms with van der Waals surface area (Å²) in [6.45, 7) is 0. The van der Waals surface area contributed by atoms with Crippen LogP contribution in [0.1, 0.15) is 10.4 Å². The second-order valence-electron chi connectivity index (χ2n) is 4.18. The molecule has 3 rings (SSSR count). The van der Waals surface area contributed by atoms with Gasteiger partial charge in [-0.3, -0.25) is 10.7 Å². The number of ether oxygens (including phenoxy) is 1. The molecule has 0 saturated heterocycles. The van der Waals surface area contributed by atoms with Gasteiger partial charge in [-0.15, -0.1) is 0 Å². The van der Waals surface area contributed by atoms with Gasteiger partial charge in [-0.05, 0) is 30.5 Å². The Balaban J connectivity index is 0.00000147. The minimum Gasteiger partial charge on any atom is -0.497 e. The monoisotopic (exact) mass is 330 g/mol. The van der Waals surface area contributed by atoms with Crippen LogP contribution in [0.25, 0.3) is 11.3 Å². The van der Waals surface area contributed by atoms with Crippen molar-refractivity contribution in [2.45, 2.75) is 12.8 Å². The molecule has 1 aromatic heterocycles. The van der Waals surface area contributed by atoms with Crippen molar-refractivity contribution in [1.82, 2.24) is 10.5 Å². The summed E-state index contributed by atoms with van der Waals surface area (Å²) in [7, 11) is 1.66. The molecule has 2 N–H and O–H groups in total. The van der Waals surface area contributed by atoms with E-state index in [1.165, 1.54) is 16.8 Å². The fraction of sp³-hybridized carbons (Fsp3) is 0.231. The summed E-state index contributed by atoms with van der Waals surface area (Å²) in [5.41, 5.74) is 5.28. The molecule has 1 aliphatic carbocycles. The summed E-state index contributed by atoms with van der Waals surface area (Å²) >= 11 is 1.55. The van der Waals surface area contributed by atoms with Gasteiger partial charge in [0, 0.05) is 10.4 Å². The first-order valence-electron chi connectivity index (χ1n) is 5.91. The van der Waals surface area contributed by atoms with E-state index in [1.54, 1.807) is 18.4 Å². The molecule has 0 amide bonds. The van der Waals surface area contributed by atoms with Crippen LogP contribution in [0.4, 0.5) is 5.13 Å². The number of thiazole rings is 1. The zero-order chi connectivity index (χ0) is 13.2. The summed E-state index contributed by atoms with van der Waals surface area (Å²) in [5.74, 6) is 0.835. The molecule has 103 valence electrons. The first-order chi connectivity index (χ1) is 9.31. The predicted molar refractivity (Wildman–Crippen MR) is 74.6 cm³/mol. The average Bonchev–Trinajstić information content (AvgIpc) is 2.87. The molecule has 7 heteroatoms. The maximum absolute atomic E-state index is 8.52. The normalized spacial score (nSPS) is 12.5. The first-order valence-corrected chi connectivity index (χ1v) is 6.72. The van der Waals surface area contributed by atoms with Gasteiger partial charge < -0.3 is 4.74 Å².